The van der Waals surface area contributed by atoms with Crippen molar-refractivity contribution in [2.45, 2.75) is 0 Å². The lowest BCUT2D eigenvalue weighted by Gasteiger charge is -2.39. The van der Waals surface area contributed by atoms with Gasteiger partial charge in [0.15, 0.2) is 0 Å². The molecule has 2 aliphatic heterocycles. The average molecular weight is 359 g/mol. The van der Waals surface area contributed by atoms with Crippen molar-refractivity contribution in [2.24, 2.45) is 0 Å². The minimum absolute atomic E-state index is 0.0289. The molecule has 25 heavy (non-hydrogen) atoms. The molecule has 2 aliphatic rings. The van der Waals surface area contributed by atoms with Crippen molar-refractivity contribution in [3.05, 3.63) is 47.7 Å². The molecular weight excluding hydrogens is 340 g/mol. The number of pyridine rings is 1. The molecule has 1 saturated heterocycles. The van der Waals surface area contributed by atoms with Crippen LogP contribution in [0.3, 0.4) is 0 Å². The third kappa shape index (κ3) is 3.22. The van der Waals surface area contributed by atoms with Gasteiger partial charge in [-0.3, -0.25) is 9.88 Å². The molecule has 6 nitrogen and oxygen atoms in total. The number of carbonyl (C=O) groups excluding carboxylic acids is 1. The minimum Gasteiger partial charge on any atom is -0.489 e. The molecule has 7 heteroatoms. The summed E-state index contributed by atoms with van der Waals surface area (Å²) >= 11 is 6.02. The smallest absolute Gasteiger partial charge is 0.324 e. The van der Waals surface area contributed by atoms with Gasteiger partial charge in [-0.25, -0.2) is 4.79 Å². The van der Waals surface area contributed by atoms with E-state index in [-0.39, 0.29) is 6.03 Å². The summed E-state index contributed by atoms with van der Waals surface area (Å²) in [6.45, 7) is 4.05. The predicted octanol–water partition coefficient (Wildman–Crippen LogP) is 2.88. The van der Waals surface area contributed by atoms with Crippen LogP contribution in [0.5, 0.6) is 5.75 Å². The van der Waals surface area contributed by atoms with E-state index >= 15 is 0 Å². The van der Waals surface area contributed by atoms with Gasteiger partial charge in [0, 0.05) is 55.3 Å². The van der Waals surface area contributed by atoms with E-state index in [1.54, 1.807) is 29.4 Å². The topological polar surface area (TPSA) is 48.9 Å². The quantitative estimate of drug-likeness (QED) is 0.786. The van der Waals surface area contributed by atoms with E-state index in [4.69, 9.17) is 16.3 Å². The molecule has 1 aromatic heterocycles. The van der Waals surface area contributed by atoms with Crippen LogP contribution < -0.4 is 14.5 Å². The fraction of sp³-hybridized carbons (Fsp3) is 0.333. The number of anilines is 2. The highest BCUT2D eigenvalue weighted by atomic mass is 35.5. The molecule has 0 unspecified atom stereocenters. The van der Waals surface area contributed by atoms with Gasteiger partial charge in [0.1, 0.15) is 12.4 Å². The van der Waals surface area contributed by atoms with Crippen molar-refractivity contribution in [1.29, 1.82) is 0 Å². The molecule has 130 valence electrons. The third-order valence-electron chi connectivity index (χ3n) is 4.59. The van der Waals surface area contributed by atoms with E-state index in [1.807, 2.05) is 23.1 Å². The fourth-order valence-electron chi connectivity index (χ4n) is 3.27. The Morgan fingerprint density at radius 2 is 1.80 bits per heavy atom. The average Bonchev–Trinajstić information content (AvgIpc) is 2.67. The molecule has 2 amide bonds. The Bertz CT molecular complexity index is 763. The molecule has 2 aromatic rings. The summed E-state index contributed by atoms with van der Waals surface area (Å²) in [6, 6.07) is 9.43. The monoisotopic (exact) mass is 358 g/mol. The number of hydrogen-bond donors (Lipinski definition) is 0. The summed E-state index contributed by atoms with van der Waals surface area (Å²) in [7, 11) is 0. The number of ether oxygens (including phenoxy) is 1. The Kier molecular flexibility index (Phi) is 4.36. The highest BCUT2D eigenvalue weighted by molar-refractivity contribution is 6.30. The largest absolute Gasteiger partial charge is 0.489 e. The maximum absolute atomic E-state index is 13.0. The Labute approximate surface area is 151 Å². The minimum atomic E-state index is 0.0289. The maximum atomic E-state index is 13.0. The van der Waals surface area contributed by atoms with E-state index in [2.05, 4.69) is 9.88 Å². The van der Waals surface area contributed by atoms with Gasteiger partial charge < -0.3 is 14.5 Å². The normalized spacial score (nSPS) is 17.1. The Morgan fingerprint density at radius 3 is 2.56 bits per heavy atom. The molecule has 0 bridgehead atoms. The van der Waals surface area contributed by atoms with Crippen LogP contribution in [0.15, 0.2) is 42.7 Å². The van der Waals surface area contributed by atoms with Gasteiger partial charge in [0.25, 0.3) is 0 Å². The number of fused-ring (bicyclic) bond motifs is 1. The van der Waals surface area contributed by atoms with E-state index in [9.17, 15) is 4.79 Å². The van der Waals surface area contributed by atoms with Gasteiger partial charge in [-0.1, -0.05) is 11.6 Å². The summed E-state index contributed by atoms with van der Waals surface area (Å²) in [5, 5.41) is 0.610. The van der Waals surface area contributed by atoms with Crippen molar-refractivity contribution in [3.8, 4) is 5.75 Å². The molecule has 0 spiro atoms. The van der Waals surface area contributed by atoms with E-state index in [0.717, 1.165) is 24.5 Å². The number of halogens is 1. The molecule has 0 saturated carbocycles. The molecule has 3 heterocycles. The second-order valence-electron chi connectivity index (χ2n) is 6.07. The van der Waals surface area contributed by atoms with Crippen LogP contribution in [-0.4, -0.2) is 55.2 Å². The summed E-state index contributed by atoms with van der Waals surface area (Å²) < 4.78 is 5.64. The van der Waals surface area contributed by atoms with Gasteiger partial charge in [-0.2, -0.15) is 0 Å². The first-order valence-electron chi connectivity index (χ1n) is 8.36. The first-order valence-corrected chi connectivity index (χ1v) is 8.74. The zero-order chi connectivity index (χ0) is 17.2. The zero-order valence-electron chi connectivity index (χ0n) is 13.8. The summed E-state index contributed by atoms with van der Waals surface area (Å²) in [4.78, 5) is 23.0. The first-order chi connectivity index (χ1) is 12.2. The number of piperazine rings is 1. The number of nitrogens with zero attached hydrogens (tertiary/aromatic N) is 4. The van der Waals surface area contributed by atoms with Gasteiger partial charge >= 0.3 is 6.03 Å². The van der Waals surface area contributed by atoms with Crippen molar-refractivity contribution < 1.29 is 9.53 Å². The zero-order valence-corrected chi connectivity index (χ0v) is 14.5. The van der Waals surface area contributed by atoms with Crippen molar-refractivity contribution >= 4 is 29.0 Å². The van der Waals surface area contributed by atoms with Crippen LogP contribution in [0.4, 0.5) is 16.2 Å². The number of hydrogen-bond acceptors (Lipinski definition) is 4. The highest BCUT2D eigenvalue weighted by Gasteiger charge is 2.29. The Balaban J connectivity index is 1.45. The standard InChI is InChI=1S/C18H19ClN4O2/c19-14-1-2-16-17(13-14)25-12-11-23(16)18(24)22-9-7-21(8-10-22)15-3-5-20-6-4-15/h1-6,13H,7-12H2. The van der Waals surface area contributed by atoms with Crippen LogP contribution in [0, 0.1) is 0 Å². The molecule has 0 aliphatic carbocycles. The Hall–Kier alpha value is -2.47. The SMILES string of the molecule is O=C(N1CCN(c2ccncc2)CC1)N1CCOc2cc(Cl)ccc21. The predicted molar refractivity (Wildman–Crippen MR) is 97.7 cm³/mol. The molecule has 1 aromatic carbocycles. The van der Waals surface area contributed by atoms with E-state index in [1.165, 1.54) is 0 Å². The second-order valence-corrected chi connectivity index (χ2v) is 6.51. The van der Waals surface area contributed by atoms with Crippen LogP contribution >= 0.6 is 11.6 Å². The highest BCUT2D eigenvalue weighted by Crippen LogP contribution is 2.34. The molecular formula is C18H19ClN4O2. The first kappa shape index (κ1) is 16.0. The number of aromatic nitrogens is 1. The molecule has 0 N–H and O–H groups in total. The number of carbonyl (C=O) groups is 1. The van der Waals surface area contributed by atoms with Crippen LogP contribution in [0.2, 0.25) is 5.02 Å². The lowest BCUT2D eigenvalue weighted by atomic mass is 10.2. The fourth-order valence-corrected chi connectivity index (χ4v) is 3.44. The van der Waals surface area contributed by atoms with E-state index < -0.39 is 0 Å². The number of amides is 2. The number of benzene rings is 1. The maximum Gasteiger partial charge on any atom is 0.324 e. The van der Waals surface area contributed by atoms with Gasteiger partial charge in [0.05, 0.1) is 12.2 Å². The Morgan fingerprint density at radius 1 is 1.04 bits per heavy atom. The lowest BCUT2D eigenvalue weighted by molar-refractivity contribution is 0.196. The van der Waals surface area contributed by atoms with Crippen molar-refractivity contribution in [2.75, 3.05) is 49.1 Å². The summed E-state index contributed by atoms with van der Waals surface area (Å²) in [5.41, 5.74) is 1.94. The van der Waals surface area contributed by atoms with Crippen LogP contribution in [0.25, 0.3) is 0 Å². The molecule has 4 rings (SSSR count). The van der Waals surface area contributed by atoms with Crippen LogP contribution in [-0.2, 0) is 0 Å². The van der Waals surface area contributed by atoms with Gasteiger partial charge in [0.2, 0.25) is 0 Å². The van der Waals surface area contributed by atoms with Crippen molar-refractivity contribution in [3.63, 3.8) is 0 Å². The molecule has 1 fully saturated rings. The summed E-state index contributed by atoms with van der Waals surface area (Å²) in [6.07, 6.45) is 3.59. The van der Waals surface area contributed by atoms with Crippen LogP contribution in [0.1, 0.15) is 0 Å². The van der Waals surface area contributed by atoms with Crippen molar-refractivity contribution in [1.82, 2.24) is 9.88 Å². The third-order valence-corrected chi connectivity index (χ3v) is 4.83. The molecule has 0 atom stereocenters. The number of rotatable bonds is 1. The molecule has 0 radical (unpaired) electrons. The number of urea groups is 1. The van der Waals surface area contributed by atoms with Gasteiger partial charge in [-0.05, 0) is 24.3 Å². The van der Waals surface area contributed by atoms with E-state index in [0.29, 0.717) is 37.0 Å². The summed E-state index contributed by atoms with van der Waals surface area (Å²) in [5.74, 6) is 0.669. The lowest BCUT2D eigenvalue weighted by Crippen LogP contribution is -2.54. The van der Waals surface area contributed by atoms with Gasteiger partial charge in [-0.15, -0.1) is 0 Å². The second kappa shape index (κ2) is 6.80.